The second-order valence-electron chi connectivity index (χ2n) is 5.69. The van der Waals surface area contributed by atoms with Gasteiger partial charge in [-0.3, -0.25) is 4.79 Å². The normalized spacial score (nSPS) is 23.5. The molecular weight excluding hydrogens is 320 g/mol. The quantitative estimate of drug-likeness (QED) is 0.655. The number of rotatable bonds is 6. The first-order valence-corrected chi connectivity index (χ1v) is 9.12. The molecule has 1 aliphatic carbocycles. The first-order valence-electron chi connectivity index (χ1n) is 7.45. The van der Waals surface area contributed by atoms with Crippen LogP contribution in [-0.4, -0.2) is 5.78 Å². The molecule has 0 unspecified atom stereocenters. The average molecular weight is 343 g/mol. The van der Waals surface area contributed by atoms with Gasteiger partial charge in [-0.1, -0.05) is 26.2 Å². The molecule has 0 saturated heterocycles. The first kappa shape index (κ1) is 15.2. The van der Waals surface area contributed by atoms with E-state index in [4.69, 9.17) is 0 Å². The first-order chi connectivity index (χ1) is 9.20. The summed E-state index contributed by atoms with van der Waals surface area (Å²) in [5, 5.41) is 2.05. The Morgan fingerprint density at radius 3 is 2.68 bits per heavy atom. The average Bonchev–Trinajstić information content (AvgIpc) is 2.82. The molecule has 0 aromatic carbocycles. The van der Waals surface area contributed by atoms with Crippen LogP contribution in [0.2, 0.25) is 0 Å². The standard InChI is InChI=1S/C16H23BrOS/c1-2-3-4-12-5-7-13(8-6-12)15(18)11-16-14(17)9-10-19-16/h9-10,12-13H,2-8,11H2,1H3. The Bertz CT molecular complexity index is 405. The summed E-state index contributed by atoms with van der Waals surface area (Å²) < 4.78 is 1.10. The Hall–Kier alpha value is -0.150. The Balaban J connectivity index is 1.78. The molecule has 1 aromatic heterocycles. The lowest BCUT2D eigenvalue weighted by molar-refractivity contribution is -0.123. The molecular formula is C16H23BrOS. The van der Waals surface area contributed by atoms with Crippen molar-refractivity contribution in [1.82, 2.24) is 0 Å². The van der Waals surface area contributed by atoms with Crippen LogP contribution in [0.15, 0.2) is 15.9 Å². The molecule has 3 heteroatoms. The highest BCUT2D eigenvalue weighted by Gasteiger charge is 2.26. The maximum Gasteiger partial charge on any atom is 0.141 e. The molecule has 0 amide bonds. The van der Waals surface area contributed by atoms with E-state index in [0.29, 0.717) is 18.1 Å². The third kappa shape index (κ3) is 4.42. The van der Waals surface area contributed by atoms with E-state index in [0.717, 1.165) is 23.2 Å². The molecule has 1 saturated carbocycles. The third-order valence-electron chi connectivity index (χ3n) is 4.29. The van der Waals surface area contributed by atoms with Crippen molar-refractivity contribution >= 4 is 33.0 Å². The van der Waals surface area contributed by atoms with Crippen LogP contribution in [0.25, 0.3) is 0 Å². The van der Waals surface area contributed by atoms with E-state index in [-0.39, 0.29) is 0 Å². The highest BCUT2D eigenvalue weighted by molar-refractivity contribution is 9.10. The van der Waals surface area contributed by atoms with Gasteiger partial charge in [0.2, 0.25) is 0 Å². The number of hydrogen-bond donors (Lipinski definition) is 0. The number of halogens is 1. The molecule has 0 atom stereocenters. The van der Waals surface area contributed by atoms with Gasteiger partial charge in [0.1, 0.15) is 5.78 Å². The summed E-state index contributed by atoms with van der Waals surface area (Å²) in [4.78, 5) is 13.5. The van der Waals surface area contributed by atoms with Crippen molar-refractivity contribution in [3.63, 3.8) is 0 Å². The van der Waals surface area contributed by atoms with Gasteiger partial charge in [0.05, 0.1) is 0 Å². The van der Waals surface area contributed by atoms with Crippen molar-refractivity contribution in [2.45, 2.75) is 58.3 Å². The van der Waals surface area contributed by atoms with Gasteiger partial charge in [-0.2, -0.15) is 0 Å². The molecule has 1 aromatic rings. The lowest BCUT2D eigenvalue weighted by atomic mass is 9.77. The van der Waals surface area contributed by atoms with Crippen LogP contribution < -0.4 is 0 Å². The molecule has 0 N–H and O–H groups in total. The number of unbranched alkanes of at least 4 members (excludes halogenated alkanes) is 1. The fourth-order valence-corrected chi connectivity index (χ4v) is 4.52. The fourth-order valence-electron chi connectivity index (χ4n) is 3.02. The van der Waals surface area contributed by atoms with Crippen molar-refractivity contribution in [3.8, 4) is 0 Å². The molecule has 19 heavy (non-hydrogen) atoms. The van der Waals surface area contributed by atoms with Crippen molar-refractivity contribution in [2.24, 2.45) is 11.8 Å². The lowest BCUT2D eigenvalue weighted by Crippen LogP contribution is -2.23. The van der Waals surface area contributed by atoms with Crippen molar-refractivity contribution in [2.75, 3.05) is 0 Å². The Labute approximate surface area is 128 Å². The number of thiophene rings is 1. The van der Waals surface area contributed by atoms with E-state index in [9.17, 15) is 4.79 Å². The molecule has 1 fully saturated rings. The highest BCUT2D eigenvalue weighted by Crippen LogP contribution is 2.33. The van der Waals surface area contributed by atoms with E-state index in [1.165, 1.54) is 37.0 Å². The summed E-state index contributed by atoms with van der Waals surface area (Å²) in [6, 6.07) is 2.04. The third-order valence-corrected chi connectivity index (χ3v) is 6.22. The minimum atomic E-state index is 0.326. The maximum absolute atomic E-state index is 12.3. The zero-order valence-corrected chi connectivity index (χ0v) is 14.1. The number of ketones is 1. The SMILES string of the molecule is CCCCC1CCC(C(=O)Cc2sccc2Br)CC1. The second kappa shape index (κ2) is 7.58. The van der Waals surface area contributed by atoms with E-state index in [1.807, 2.05) is 11.4 Å². The summed E-state index contributed by atoms with van der Waals surface area (Å²) in [7, 11) is 0. The van der Waals surface area contributed by atoms with Gasteiger partial charge in [-0.05, 0) is 59.0 Å². The summed E-state index contributed by atoms with van der Waals surface area (Å²) in [6.07, 6.45) is 9.42. The van der Waals surface area contributed by atoms with Gasteiger partial charge in [-0.25, -0.2) is 0 Å². The highest BCUT2D eigenvalue weighted by atomic mass is 79.9. The number of carbonyl (C=O) groups is 1. The van der Waals surface area contributed by atoms with Gasteiger partial charge in [0.25, 0.3) is 0 Å². The van der Waals surface area contributed by atoms with Crippen LogP contribution in [0.5, 0.6) is 0 Å². The van der Waals surface area contributed by atoms with Crippen LogP contribution in [0, 0.1) is 11.8 Å². The lowest BCUT2D eigenvalue weighted by Gasteiger charge is -2.27. The fraction of sp³-hybridized carbons (Fsp3) is 0.688. The molecule has 1 nitrogen and oxygen atoms in total. The van der Waals surface area contributed by atoms with Crippen LogP contribution >= 0.6 is 27.3 Å². The van der Waals surface area contributed by atoms with Gasteiger partial charge in [0.15, 0.2) is 0 Å². The van der Waals surface area contributed by atoms with Crippen LogP contribution in [-0.2, 0) is 11.2 Å². The van der Waals surface area contributed by atoms with E-state index in [2.05, 4.69) is 22.9 Å². The molecule has 106 valence electrons. The van der Waals surface area contributed by atoms with Crippen molar-refractivity contribution < 1.29 is 4.79 Å². The van der Waals surface area contributed by atoms with Crippen molar-refractivity contribution in [1.29, 1.82) is 0 Å². The molecule has 2 rings (SSSR count). The van der Waals surface area contributed by atoms with Crippen molar-refractivity contribution in [3.05, 3.63) is 20.8 Å². The van der Waals surface area contributed by atoms with E-state index in [1.54, 1.807) is 11.3 Å². The molecule has 0 bridgehead atoms. The van der Waals surface area contributed by atoms with Gasteiger partial charge < -0.3 is 0 Å². The smallest absolute Gasteiger partial charge is 0.141 e. The zero-order valence-electron chi connectivity index (χ0n) is 11.7. The van der Waals surface area contributed by atoms with Gasteiger partial charge in [0, 0.05) is 21.7 Å². The second-order valence-corrected chi connectivity index (χ2v) is 7.55. The molecule has 0 radical (unpaired) electrons. The Kier molecular flexibility index (Phi) is 6.08. The van der Waals surface area contributed by atoms with Crippen LogP contribution in [0.4, 0.5) is 0 Å². The summed E-state index contributed by atoms with van der Waals surface area (Å²) in [6.45, 7) is 2.26. The predicted molar refractivity (Wildman–Crippen MR) is 85.7 cm³/mol. The molecule has 1 aliphatic rings. The number of Topliss-reactive ketones (excluding diaryl/α,β-unsaturated/α-hetero) is 1. The largest absolute Gasteiger partial charge is 0.299 e. The van der Waals surface area contributed by atoms with E-state index < -0.39 is 0 Å². The van der Waals surface area contributed by atoms with Crippen LogP contribution in [0.3, 0.4) is 0 Å². The van der Waals surface area contributed by atoms with Gasteiger partial charge >= 0.3 is 0 Å². The topological polar surface area (TPSA) is 17.1 Å². The minimum Gasteiger partial charge on any atom is -0.299 e. The predicted octanol–water partition coefficient (Wildman–Crippen LogP) is 5.62. The Morgan fingerprint density at radius 2 is 2.11 bits per heavy atom. The zero-order chi connectivity index (χ0) is 13.7. The number of carbonyl (C=O) groups excluding carboxylic acids is 1. The van der Waals surface area contributed by atoms with E-state index >= 15 is 0 Å². The summed E-state index contributed by atoms with van der Waals surface area (Å²) in [5.41, 5.74) is 0. The summed E-state index contributed by atoms with van der Waals surface area (Å²) in [5.74, 6) is 1.67. The summed E-state index contributed by atoms with van der Waals surface area (Å²) >= 11 is 5.20. The van der Waals surface area contributed by atoms with Crippen LogP contribution in [0.1, 0.15) is 56.7 Å². The molecule has 0 aliphatic heterocycles. The molecule has 0 spiro atoms. The minimum absolute atomic E-state index is 0.326. The maximum atomic E-state index is 12.3. The number of hydrogen-bond acceptors (Lipinski definition) is 2. The molecule has 1 heterocycles. The monoisotopic (exact) mass is 342 g/mol. The van der Waals surface area contributed by atoms with Gasteiger partial charge in [-0.15, -0.1) is 11.3 Å². The Morgan fingerprint density at radius 1 is 1.37 bits per heavy atom.